The number of H-pyrrole nitrogens is 1. The van der Waals surface area contributed by atoms with Gasteiger partial charge in [-0.25, -0.2) is 0 Å². The maximum atomic E-state index is 4.17. The highest BCUT2D eigenvalue weighted by Gasteiger charge is 2.12. The maximum absolute atomic E-state index is 4.17. The molecule has 1 aromatic rings. The van der Waals surface area contributed by atoms with Crippen molar-refractivity contribution in [2.45, 2.75) is 33.7 Å². The molecule has 0 saturated heterocycles. The number of nitrogens with one attached hydrogen (secondary N) is 2. The van der Waals surface area contributed by atoms with E-state index in [1.807, 2.05) is 13.8 Å². The van der Waals surface area contributed by atoms with Gasteiger partial charge in [-0.1, -0.05) is 13.8 Å². The van der Waals surface area contributed by atoms with Crippen LogP contribution in [0.2, 0.25) is 0 Å². The van der Waals surface area contributed by atoms with E-state index in [0.717, 1.165) is 19.5 Å². The molecule has 0 aromatic carbocycles. The number of rotatable bonds is 0. The van der Waals surface area contributed by atoms with Crippen molar-refractivity contribution in [2.24, 2.45) is 0 Å². The fourth-order valence-corrected chi connectivity index (χ4v) is 1.40. The molecule has 3 heteroatoms. The molecule has 0 bridgehead atoms. The predicted molar refractivity (Wildman–Crippen MR) is 50.1 cm³/mol. The van der Waals surface area contributed by atoms with E-state index in [9.17, 15) is 0 Å². The third-order valence-electron chi connectivity index (χ3n) is 2.00. The third kappa shape index (κ3) is 1.67. The molecule has 0 atom stereocenters. The van der Waals surface area contributed by atoms with Gasteiger partial charge in [0.1, 0.15) is 0 Å². The molecule has 0 unspecified atom stereocenters. The number of nitrogens with zero attached hydrogens (tertiary/aromatic N) is 1. The summed E-state index contributed by atoms with van der Waals surface area (Å²) in [4.78, 5) is 0. The van der Waals surface area contributed by atoms with Gasteiger partial charge >= 0.3 is 0 Å². The molecule has 1 aliphatic rings. The van der Waals surface area contributed by atoms with Crippen LogP contribution >= 0.6 is 0 Å². The van der Waals surface area contributed by atoms with Crippen LogP contribution in [0.1, 0.15) is 30.8 Å². The molecule has 0 saturated carbocycles. The molecular weight excluding hydrogens is 150 g/mol. The Balaban J connectivity index is 0.000000336. The third-order valence-corrected chi connectivity index (χ3v) is 2.00. The number of fused-ring (bicyclic) bond motifs is 1. The van der Waals surface area contributed by atoms with Gasteiger partial charge in [0.2, 0.25) is 0 Å². The van der Waals surface area contributed by atoms with Gasteiger partial charge in [0, 0.05) is 12.2 Å². The second-order valence-electron chi connectivity index (χ2n) is 2.70. The summed E-state index contributed by atoms with van der Waals surface area (Å²) in [5.41, 5.74) is 3.85. The van der Waals surface area contributed by atoms with Crippen molar-refractivity contribution in [3.8, 4) is 0 Å². The Hall–Kier alpha value is -0.830. The summed E-state index contributed by atoms with van der Waals surface area (Å²) in [6, 6.07) is 0. The standard InChI is InChI=1S/C7H11N3.C2H6/c1-5-6-2-3-8-4-7(6)10-9-5;1-2/h8H,2-4H2,1H3,(H,9,10);1-2H3. The number of aromatic nitrogens is 2. The van der Waals surface area contributed by atoms with Gasteiger partial charge in [-0.2, -0.15) is 5.10 Å². The van der Waals surface area contributed by atoms with E-state index in [4.69, 9.17) is 0 Å². The van der Waals surface area contributed by atoms with Gasteiger partial charge in [0.15, 0.2) is 0 Å². The minimum Gasteiger partial charge on any atom is -0.311 e. The number of aromatic amines is 1. The first-order valence-corrected chi connectivity index (χ1v) is 4.61. The first-order valence-electron chi connectivity index (χ1n) is 4.61. The fourth-order valence-electron chi connectivity index (χ4n) is 1.40. The van der Waals surface area contributed by atoms with E-state index >= 15 is 0 Å². The minimum absolute atomic E-state index is 0.930. The summed E-state index contributed by atoms with van der Waals surface area (Å²) in [7, 11) is 0. The summed E-state index contributed by atoms with van der Waals surface area (Å²) in [5, 5.41) is 10.4. The Morgan fingerprint density at radius 2 is 2.08 bits per heavy atom. The minimum atomic E-state index is 0.930. The molecule has 0 fully saturated rings. The van der Waals surface area contributed by atoms with Gasteiger partial charge in [0.05, 0.1) is 5.69 Å². The van der Waals surface area contributed by atoms with Crippen LogP contribution in [0.3, 0.4) is 0 Å². The molecule has 12 heavy (non-hydrogen) atoms. The lowest BCUT2D eigenvalue weighted by Crippen LogP contribution is -2.23. The molecule has 2 N–H and O–H groups in total. The van der Waals surface area contributed by atoms with E-state index < -0.39 is 0 Å². The van der Waals surface area contributed by atoms with Crippen LogP contribution in [0.25, 0.3) is 0 Å². The number of hydrogen-bond acceptors (Lipinski definition) is 2. The fraction of sp³-hybridized carbons (Fsp3) is 0.667. The monoisotopic (exact) mass is 167 g/mol. The molecule has 2 rings (SSSR count). The Morgan fingerprint density at radius 3 is 2.75 bits per heavy atom. The van der Waals surface area contributed by atoms with E-state index in [2.05, 4.69) is 22.4 Å². The van der Waals surface area contributed by atoms with E-state index in [1.54, 1.807) is 0 Å². The molecule has 3 nitrogen and oxygen atoms in total. The second kappa shape index (κ2) is 4.26. The SMILES string of the molecule is CC.Cc1[nH]nc2c1CCNC2. The summed E-state index contributed by atoms with van der Waals surface area (Å²) < 4.78 is 0. The largest absolute Gasteiger partial charge is 0.311 e. The summed E-state index contributed by atoms with van der Waals surface area (Å²) in [5.74, 6) is 0. The number of aryl methyl sites for hydroxylation is 1. The second-order valence-corrected chi connectivity index (χ2v) is 2.70. The average Bonchev–Trinajstić information content (AvgIpc) is 2.53. The van der Waals surface area contributed by atoms with Crippen molar-refractivity contribution >= 4 is 0 Å². The molecule has 0 amide bonds. The van der Waals surface area contributed by atoms with Gasteiger partial charge in [-0.05, 0) is 25.5 Å². The highest BCUT2D eigenvalue weighted by atomic mass is 15.1. The lowest BCUT2D eigenvalue weighted by atomic mass is 10.1. The van der Waals surface area contributed by atoms with Gasteiger partial charge < -0.3 is 5.32 Å². The molecule has 0 spiro atoms. The number of hydrogen-bond donors (Lipinski definition) is 2. The van der Waals surface area contributed by atoms with Crippen molar-refractivity contribution < 1.29 is 0 Å². The summed E-state index contributed by atoms with van der Waals surface area (Å²) in [6.45, 7) is 8.10. The zero-order valence-electron chi connectivity index (χ0n) is 8.07. The maximum Gasteiger partial charge on any atom is 0.0795 e. The zero-order chi connectivity index (χ0) is 8.97. The molecule has 68 valence electrons. The van der Waals surface area contributed by atoms with Crippen LogP contribution in [0.15, 0.2) is 0 Å². The molecule has 1 aromatic heterocycles. The summed E-state index contributed by atoms with van der Waals surface area (Å²) in [6.07, 6.45) is 1.12. The molecule has 0 aliphatic carbocycles. The van der Waals surface area contributed by atoms with Crippen molar-refractivity contribution in [3.63, 3.8) is 0 Å². The van der Waals surface area contributed by atoms with Crippen molar-refractivity contribution in [2.75, 3.05) is 6.54 Å². The van der Waals surface area contributed by atoms with E-state index in [-0.39, 0.29) is 0 Å². The average molecular weight is 167 g/mol. The van der Waals surface area contributed by atoms with Crippen LogP contribution in [-0.2, 0) is 13.0 Å². The molecular formula is C9H17N3. The smallest absolute Gasteiger partial charge is 0.0795 e. The first kappa shape index (κ1) is 9.26. The Kier molecular flexibility index (Phi) is 3.29. The van der Waals surface area contributed by atoms with E-state index in [1.165, 1.54) is 17.0 Å². The lowest BCUT2D eigenvalue weighted by molar-refractivity contribution is 0.632. The van der Waals surface area contributed by atoms with Crippen LogP contribution in [0.4, 0.5) is 0 Å². The van der Waals surface area contributed by atoms with Gasteiger partial charge in [-0.15, -0.1) is 0 Å². The van der Waals surface area contributed by atoms with Crippen LogP contribution in [0, 0.1) is 6.92 Å². The van der Waals surface area contributed by atoms with Gasteiger partial charge in [0.25, 0.3) is 0 Å². The quantitative estimate of drug-likeness (QED) is 0.613. The Morgan fingerprint density at radius 1 is 1.33 bits per heavy atom. The van der Waals surface area contributed by atoms with Crippen LogP contribution in [-0.4, -0.2) is 16.7 Å². The highest BCUT2D eigenvalue weighted by Crippen LogP contribution is 2.13. The van der Waals surface area contributed by atoms with Crippen molar-refractivity contribution in [1.29, 1.82) is 0 Å². The van der Waals surface area contributed by atoms with Crippen LogP contribution < -0.4 is 5.32 Å². The molecule has 1 aliphatic heterocycles. The van der Waals surface area contributed by atoms with Crippen LogP contribution in [0.5, 0.6) is 0 Å². The molecule has 0 radical (unpaired) electrons. The topological polar surface area (TPSA) is 40.7 Å². The first-order chi connectivity index (χ1) is 5.88. The lowest BCUT2D eigenvalue weighted by Gasteiger charge is -2.10. The predicted octanol–water partition coefficient (Wildman–Crippen LogP) is 1.39. The zero-order valence-corrected chi connectivity index (χ0v) is 8.07. The Labute approximate surface area is 73.6 Å². The molecule has 2 heterocycles. The highest BCUT2D eigenvalue weighted by molar-refractivity contribution is 5.26. The Bertz CT molecular complexity index is 240. The van der Waals surface area contributed by atoms with E-state index in [0.29, 0.717) is 0 Å². The van der Waals surface area contributed by atoms with Crippen molar-refractivity contribution in [1.82, 2.24) is 15.5 Å². The van der Waals surface area contributed by atoms with Crippen molar-refractivity contribution in [3.05, 3.63) is 17.0 Å². The normalized spacial score (nSPS) is 14.6. The van der Waals surface area contributed by atoms with Gasteiger partial charge in [-0.3, -0.25) is 5.10 Å². The summed E-state index contributed by atoms with van der Waals surface area (Å²) >= 11 is 0.